The Morgan fingerprint density at radius 3 is 2.40 bits per heavy atom. The van der Waals surface area contributed by atoms with E-state index in [1.165, 1.54) is 38.5 Å². The van der Waals surface area contributed by atoms with Crippen LogP contribution < -0.4 is 10.6 Å². The molecule has 1 rings (SSSR count). The first-order valence-corrected chi connectivity index (χ1v) is 7.90. The molecule has 1 saturated heterocycles. The smallest absolute Gasteiger partial charge is 0.324 e. The Balaban J connectivity index is 1.90. The maximum atomic E-state index is 11.7. The number of nitrogens with one attached hydrogen (secondary N) is 2. The van der Waals surface area contributed by atoms with Gasteiger partial charge < -0.3 is 10.1 Å². The predicted molar refractivity (Wildman–Crippen MR) is 78.4 cm³/mol. The van der Waals surface area contributed by atoms with Crippen molar-refractivity contribution in [3.8, 4) is 0 Å². The van der Waals surface area contributed by atoms with Crippen molar-refractivity contribution in [2.75, 3.05) is 19.7 Å². The molecule has 20 heavy (non-hydrogen) atoms. The molecule has 116 valence electrons. The minimum atomic E-state index is -0.387. The van der Waals surface area contributed by atoms with Crippen molar-refractivity contribution >= 4 is 11.9 Å². The predicted octanol–water partition coefficient (Wildman–Crippen LogP) is 1.76. The van der Waals surface area contributed by atoms with Crippen LogP contribution in [0.1, 0.15) is 58.3 Å². The van der Waals surface area contributed by atoms with E-state index in [2.05, 4.69) is 17.6 Å². The number of carbonyl (C=O) groups excluding carboxylic acids is 2. The van der Waals surface area contributed by atoms with Crippen molar-refractivity contribution < 1.29 is 14.3 Å². The number of piperazine rings is 1. The van der Waals surface area contributed by atoms with E-state index in [1.54, 1.807) is 0 Å². The van der Waals surface area contributed by atoms with Crippen molar-refractivity contribution in [2.24, 2.45) is 0 Å². The zero-order valence-corrected chi connectivity index (χ0v) is 12.6. The summed E-state index contributed by atoms with van der Waals surface area (Å²) in [5.41, 5.74) is 0. The monoisotopic (exact) mass is 284 g/mol. The average molecular weight is 284 g/mol. The van der Waals surface area contributed by atoms with Gasteiger partial charge in [0.1, 0.15) is 6.04 Å². The lowest BCUT2D eigenvalue weighted by Crippen LogP contribution is -2.55. The number of amides is 1. The second-order valence-corrected chi connectivity index (χ2v) is 5.38. The minimum absolute atomic E-state index is 0.0721. The third kappa shape index (κ3) is 7.48. The lowest BCUT2D eigenvalue weighted by molar-refractivity contribution is -0.147. The first-order chi connectivity index (χ1) is 9.74. The van der Waals surface area contributed by atoms with Gasteiger partial charge in [-0.05, 0) is 6.42 Å². The number of rotatable bonds is 10. The molecular weight excluding hydrogens is 256 g/mol. The molecule has 5 nitrogen and oxygen atoms in total. The molecule has 1 aliphatic rings. The molecule has 0 aromatic heterocycles. The van der Waals surface area contributed by atoms with E-state index in [4.69, 9.17) is 4.74 Å². The molecule has 5 heteroatoms. The van der Waals surface area contributed by atoms with Crippen LogP contribution >= 0.6 is 0 Å². The van der Waals surface area contributed by atoms with Crippen LogP contribution in [0.2, 0.25) is 0 Å². The number of hydrogen-bond donors (Lipinski definition) is 2. The van der Waals surface area contributed by atoms with Crippen LogP contribution in [0.15, 0.2) is 0 Å². The van der Waals surface area contributed by atoms with Crippen molar-refractivity contribution in [1.29, 1.82) is 0 Å². The van der Waals surface area contributed by atoms with Gasteiger partial charge in [-0.3, -0.25) is 14.9 Å². The molecule has 0 spiro atoms. The van der Waals surface area contributed by atoms with Crippen molar-refractivity contribution in [3.05, 3.63) is 0 Å². The number of esters is 1. The Labute approximate surface area is 121 Å². The summed E-state index contributed by atoms with van der Waals surface area (Å²) in [6.07, 6.45) is 9.83. The highest BCUT2D eigenvalue weighted by Gasteiger charge is 2.24. The largest absolute Gasteiger partial charge is 0.464 e. The zero-order valence-electron chi connectivity index (χ0n) is 12.6. The van der Waals surface area contributed by atoms with Crippen LogP contribution in [0, 0.1) is 0 Å². The Hall–Kier alpha value is -1.10. The quantitative estimate of drug-likeness (QED) is 0.474. The minimum Gasteiger partial charge on any atom is -0.464 e. The summed E-state index contributed by atoms with van der Waals surface area (Å²) in [5.74, 6) is -0.329. The molecule has 0 radical (unpaired) electrons. The fourth-order valence-corrected chi connectivity index (χ4v) is 2.24. The van der Waals surface area contributed by atoms with E-state index in [0.29, 0.717) is 13.2 Å². The molecule has 0 saturated carbocycles. The van der Waals surface area contributed by atoms with Crippen LogP contribution in [0.3, 0.4) is 0 Å². The van der Waals surface area contributed by atoms with Crippen molar-refractivity contribution in [1.82, 2.24) is 10.6 Å². The van der Waals surface area contributed by atoms with Crippen molar-refractivity contribution in [2.45, 2.75) is 64.3 Å². The molecule has 0 aromatic rings. The van der Waals surface area contributed by atoms with Gasteiger partial charge >= 0.3 is 5.97 Å². The third-order valence-electron chi connectivity index (χ3n) is 3.54. The summed E-state index contributed by atoms with van der Waals surface area (Å²) in [6, 6.07) is -0.387. The van der Waals surface area contributed by atoms with Crippen LogP contribution in [0.5, 0.6) is 0 Å². The van der Waals surface area contributed by atoms with Gasteiger partial charge in [0.15, 0.2) is 0 Å². The standard InChI is InChI=1S/C15H28N2O3/c1-2-3-4-5-6-7-8-9-10-20-15(19)13-11-17-14(18)12-16-13/h13,16H,2-12H2,1H3,(H,17,18). The number of carbonyl (C=O) groups is 2. The second kappa shape index (κ2) is 10.7. The molecule has 1 unspecified atom stereocenters. The highest BCUT2D eigenvalue weighted by molar-refractivity contribution is 5.83. The fourth-order valence-electron chi connectivity index (χ4n) is 2.24. The normalized spacial score (nSPS) is 18.6. The molecule has 0 bridgehead atoms. The molecule has 0 aliphatic carbocycles. The van der Waals surface area contributed by atoms with Gasteiger partial charge in [0, 0.05) is 6.54 Å². The highest BCUT2D eigenvalue weighted by atomic mass is 16.5. The van der Waals surface area contributed by atoms with Crippen LogP contribution in [-0.2, 0) is 14.3 Å². The molecule has 2 N–H and O–H groups in total. The van der Waals surface area contributed by atoms with E-state index in [0.717, 1.165) is 12.8 Å². The first kappa shape index (κ1) is 17.0. The van der Waals surface area contributed by atoms with Crippen LogP contribution in [0.4, 0.5) is 0 Å². The van der Waals surface area contributed by atoms with E-state index in [9.17, 15) is 9.59 Å². The average Bonchev–Trinajstić information content (AvgIpc) is 2.46. The molecule has 1 fully saturated rings. The van der Waals surface area contributed by atoms with E-state index >= 15 is 0 Å². The van der Waals surface area contributed by atoms with Gasteiger partial charge in [-0.2, -0.15) is 0 Å². The summed E-state index contributed by atoms with van der Waals surface area (Å²) in [5, 5.41) is 5.51. The van der Waals surface area contributed by atoms with Crippen LogP contribution in [0.25, 0.3) is 0 Å². The lowest BCUT2D eigenvalue weighted by atomic mass is 10.1. The Bertz CT molecular complexity index is 285. The topological polar surface area (TPSA) is 67.4 Å². The first-order valence-electron chi connectivity index (χ1n) is 7.90. The number of unbranched alkanes of at least 4 members (excludes halogenated alkanes) is 7. The van der Waals surface area contributed by atoms with Crippen molar-refractivity contribution in [3.63, 3.8) is 0 Å². The summed E-state index contributed by atoms with van der Waals surface area (Å²) < 4.78 is 5.21. The third-order valence-corrected chi connectivity index (χ3v) is 3.54. The molecule has 1 heterocycles. The zero-order chi connectivity index (χ0) is 14.6. The van der Waals surface area contributed by atoms with Gasteiger partial charge in [-0.25, -0.2) is 0 Å². The molecule has 0 aromatic carbocycles. The van der Waals surface area contributed by atoms with Crippen LogP contribution in [-0.4, -0.2) is 37.6 Å². The summed E-state index contributed by atoms with van der Waals surface area (Å²) in [6.45, 7) is 3.23. The Morgan fingerprint density at radius 2 is 1.80 bits per heavy atom. The summed E-state index contributed by atoms with van der Waals surface area (Å²) in [4.78, 5) is 22.6. The van der Waals surface area contributed by atoms with E-state index in [1.807, 2.05) is 0 Å². The summed E-state index contributed by atoms with van der Waals surface area (Å²) >= 11 is 0. The maximum Gasteiger partial charge on any atom is 0.324 e. The van der Waals surface area contributed by atoms with Gasteiger partial charge in [-0.15, -0.1) is 0 Å². The SMILES string of the molecule is CCCCCCCCCCOC(=O)C1CNC(=O)CN1. The molecule has 1 aliphatic heterocycles. The Morgan fingerprint density at radius 1 is 1.15 bits per heavy atom. The molecular formula is C15H28N2O3. The molecule has 1 amide bonds. The maximum absolute atomic E-state index is 11.7. The lowest BCUT2D eigenvalue weighted by Gasteiger charge is -2.22. The second-order valence-electron chi connectivity index (χ2n) is 5.38. The van der Waals surface area contributed by atoms with Gasteiger partial charge in [0.05, 0.1) is 13.2 Å². The molecule has 1 atom stereocenters. The van der Waals surface area contributed by atoms with E-state index in [-0.39, 0.29) is 24.5 Å². The highest BCUT2D eigenvalue weighted by Crippen LogP contribution is 2.08. The number of hydrogen-bond acceptors (Lipinski definition) is 4. The fraction of sp³-hybridized carbons (Fsp3) is 0.867. The Kier molecular flexibility index (Phi) is 9.04. The van der Waals surface area contributed by atoms with Gasteiger partial charge in [-0.1, -0.05) is 51.9 Å². The van der Waals surface area contributed by atoms with Gasteiger partial charge in [0.25, 0.3) is 0 Å². The van der Waals surface area contributed by atoms with E-state index < -0.39 is 0 Å². The summed E-state index contributed by atoms with van der Waals surface area (Å²) in [7, 11) is 0. The van der Waals surface area contributed by atoms with Gasteiger partial charge in [0.2, 0.25) is 5.91 Å². The number of ether oxygens (including phenoxy) is 1.